The number of hydrogen-bond acceptors (Lipinski definition) is 4. The highest BCUT2D eigenvalue weighted by atomic mass is 32.2. The fourth-order valence-electron chi connectivity index (χ4n) is 2.18. The lowest BCUT2D eigenvalue weighted by molar-refractivity contribution is 0.0980. The number of carbonyl (C=O) groups is 1. The molecule has 19 heavy (non-hydrogen) atoms. The lowest BCUT2D eigenvalue weighted by Crippen LogP contribution is -2.36. The molecule has 0 amide bonds. The molecule has 1 aromatic carbocycles. The number of Topliss-reactive ketones (excluding diaryl/α,β-unsaturated/α-hetero) is 1. The first-order valence-electron chi connectivity index (χ1n) is 6.50. The summed E-state index contributed by atoms with van der Waals surface area (Å²) < 4.78 is 23.7. The summed E-state index contributed by atoms with van der Waals surface area (Å²) in [6, 6.07) is 7.40. The molecule has 0 saturated heterocycles. The van der Waals surface area contributed by atoms with Gasteiger partial charge in [-0.25, -0.2) is 8.42 Å². The zero-order chi connectivity index (χ0) is 14.0. The standard InChI is InChI=1S/C14H19NO3S/c1-11(2)19(17,18)10-9-15-8-7-14(16)12-5-3-4-6-13(12)15/h3-6,11H,7-10H2,1-2H3. The van der Waals surface area contributed by atoms with E-state index in [4.69, 9.17) is 0 Å². The van der Waals surface area contributed by atoms with Crippen LogP contribution in [0, 0.1) is 0 Å². The Hall–Kier alpha value is -1.36. The van der Waals surface area contributed by atoms with Crippen LogP contribution in [0.2, 0.25) is 0 Å². The fraction of sp³-hybridized carbons (Fsp3) is 0.500. The van der Waals surface area contributed by atoms with Gasteiger partial charge in [0.05, 0.1) is 11.0 Å². The van der Waals surface area contributed by atoms with E-state index in [9.17, 15) is 13.2 Å². The number of rotatable bonds is 4. The average molecular weight is 281 g/mol. The molecular weight excluding hydrogens is 262 g/mol. The molecule has 0 atom stereocenters. The van der Waals surface area contributed by atoms with E-state index in [0.717, 1.165) is 5.69 Å². The van der Waals surface area contributed by atoms with Gasteiger partial charge in [-0.2, -0.15) is 0 Å². The Labute approximate surface area is 114 Å². The maximum Gasteiger partial charge on any atom is 0.166 e. The van der Waals surface area contributed by atoms with Gasteiger partial charge in [-0.15, -0.1) is 0 Å². The Balaban J connectivity index is 2.16. The number of sulfone groups is 1. The Morgan fingerprint density at radius 1 is 1.26 bits per heavy atom. The molecule has 0 unspecified atom stereocenters. The third-order valence-electron chi connectivity index (χ3n) is 3.52. The van der Waals surface area contributed by atoms with Gasteiger partial charge in [-0.05, 0) is 26.0 Å². The van der Waals surface area contributed by atoms with Gasteiger partial charge in [0.1, 0.15) is 0 Å². The van der Waals surface area contributed by atoms with Crippen LogP contribution < -0.4 is 4.90 Å². The Morgan fingerprint density at radius 3 is 2.63 bits per heavy atom. The van der Waals surface area contributed by atoms with Gasteiger partial charge in [0.2, 0.25) is 0 Å². The summed E-state index contributed by atoms with van der Waals surface area (Å²) in [5.41, 5.74) is 1.56. The Morgan fingerprint density at radius 2 is 1.95 bits per heavy atom. The number of benzene rings is 1. The second-order valence-electron chi connectivity index (χ2n) is 5.09. The number of para-hydroxylation sites is 1. The number of ketones is 1. The zero-order valence-corrected chi connectivity index (χ0v) is 12.1. The molecule has 0 saturated carbocycles. The minimum atomic E-state index is -3.04. The van der Waals surface area contributed by atoms with Crippen LogP contribution in [0.15, 0.2) is 24.3 Å². The molecule has 1 aromatic rings. The highest BCUT2D eigenvalue weighted by Gasteiger charge is 2.24. The Bertz CT molecular complexity index is 578. The van der Waals surface area contributed by atoms with Crippen molar-refractivity contribution in [3.63, 3.8) is 0 Å². The van der Waals surface area contributed by atoms with Crippen LogP contribution in [-0.4, -0.2) is 38.3 Å². The van der Waals surface area contributed by atoms with Crippen molar-refractivity contribution in [2.24, 2.45) is 0 Å². The molecular formula is C14H19NO3S. The van der Waals surface area contributed by atoms with Crippen LogP contribution in [0.1, 0.15) is 30.6 Å². The highest BCUT2D eigenvalue weighted by Crippen LogP contribution is 2.26. The summed E-state index contributed by atoms with van der Waals surface area (Å²) in [7, 11) is -3.04. The predicted molar refractivity (Wildman–Crippen MR) is 76.5 cm³/mol. The molecule has 4 nitrogen and oxygen atoms in total. The fourth-order valence-corrected chi connectivity index (χ4v) is 3.13. The van der Waals surface area contributed by atoms with Crippen molar-refractivity contribution < 1.29 is 13.2 Å². The lowest BCUT2D eigenvalue weighted by atomic mass is 10.0. The first-order chi connectivity index (χ1) is 8.92. The molecule has 5 heteroatoms. The summed E-state index contributed by atoms with van der Waals surface area (Å²) in [5.74, 6) is 0.270. The van der Waals surface area contributed by atoms with Crippen LogP contribution in [-0.2, 0) is 9.84 Å². The molecule has 2 rings (SSSR count). The quantitative estimate of drug-likeness (QED) is 0.846. The maximum absolute atomic E-state index is 11.9. The first kappa shape index (κ1) is 14.1. The van der Waals surface area contributed by atoms with Gasteiger partial charge in [-0.1, -0.05) is 12.1 Å². The van der Waals surface area contributed by atoms with Gasteiger partial charge in [0, 0.05) is 30.8 Å². The third-order valence-corrected chi connectivity index (χ3v) is 5.71. The van der Waals surface area contributed by atoms with Crippen LogP contribution in [0.5, 0.6) is 0 Å². The second-order valence-corrected chi connectivity index (χ2v) is 7.77. The molecule has 0 aromatic heterocycles. The molecule has 0 bridgehead atoms. The van der Waals surface area contributed by atoms with E-state index in [1.54, 1.807) is 19.9 Å². The molecule has 1 aliphatic rings. The number of fused-ring (bicyclic) bond motifs is 1. The van der Waals surface area contributed by atoms with Crippen molar-refractivity contribution in [2.45, 2.75) is 25.5 Å². The maximum atomic E-state index is 11.9. The van der Waals surface area contributed by atoms with E-state index >= 15 is 0 Å². The molecule has 0 aliphatic carbocycles. The Kier molecular flexibility index (Phi) is 3.94. The van der Waals surface area contributed by atoms with E-state index in [1.807, 2.05) is 23.1 Å². The summed E-state index contributed by atoms with van der Waals surface area (Å²) in [6.45, 7) is 4.44. The first-order valence-corrected chi connectivity index (χ1v) is 8.22. The SMILES string of the molecule is CC(C)S(=O)(=O)CCN1CCC(=O)c2ccccc21. The van der Waals surface area contributed by atoms with Crippen molar-refractivity contribution in [2.75, 3.05) is 23.7 Å². The van der Waals surface area contributed by atoms with Crippen LogP contribution in [0.3, 0.4) is 0 Å². The smallest absolute Gasteiger partial charge is 0.166 e. The van der Waals surface area contributed by atoms with Gasteiger partial charge >= 0.3 is 0 Å². The molecule has 104 valence electrons. The van der Waals surface area contributed by atoms with E-state index in [0.29, 0.717) is 25.1 Å². The molecule has 0 fully saturated rings. The summed E-state index contributed by atoms with van der Waals surface area (Å²) in [6.07, 6.45) is 0.457. The van der Waals surface area contributed by atoms with Crippen molar-refractivity contribution in [1.29, 1.82) is 0 Å². The molecule has 1 heterocycles. The predicted octanol–water partition coefficient (Wildman–Crippen LogP) is 1.90. The largest absolute Gasteiger partial charge is 0.369 e. The number of anilines is 1. The van der Waals surface area contributed by atoms with Crippen LogP contribution in [0.25, 0.3) is 0 Å². The topological polar surface area (TPSA) is 54.5 Å². The third kappa shape index (κ3) is 2.97. The van der Waals surface area contributed by atoms with Crippen molar-refractivity contribution in [1.82, 2.24) is 0 Å². The van der Waals surface area contributed by atoms with Gasteiger partial charge in [0.15, 0.2) is 15.6 Å². The average Bonchev–Trinajstić information content (AvgIpc) is 2.38. The van der Waals surface area contributed by atoms with Crippen molar-refractivity contribution in [3.8, 4) is 0 Å². The van der Waals surface area contributed by atoms with E-state index in [1.165, 1.54) is 0 Å². The molecule has 1 aliphatic heterocycles. The normalized spacial score (nSPS) is 15.7. The molecule has 0 radical (unpaired) electrons. The van der Waals surface area contributed by atoms with Crippen LogP contribution in [0.4, 0.5) is 5.69 Å². The lowest BCUT2D eigenvalue weighted by Gasteiger charge is -2.30. The summed E-state index contributed by atoms with van der Waals surface area (Å²) >= 11 is 0. The van der Waals surface area contributed by atoms with E-state index in [2.05, 4.69) is 0 Å². The van der Waals surface area contributed by atoms with Crippen molar-refractivity contribution >= 4 is 21.3 Å². The van der Waals surface area contributed by atoms with Crippen LogP contribution >= 0.6 is 0 Å². The monoisotopic (exact) mass is 281 g/mol. The van der Waals surface area contributed by atoms with Gasteiger partial charge in [-0.3, -0.25) is 4.79 Å². The minimum Gasteiger partial charge on any atom is -0.369 e. The highest BCUT2D eigenvalue weighted by molar-refractivity contribution is 7.92. The number of hydrogen-bond donors (Lipinski definition) is 0. The summed E-state index contributed by atoms with van der Waals surface area (Å²) in [5, 5.41) is -0.353. The van der Waals surface area contributed by atoms with Crippen molar-refractivity contribution in [3.05, 3.63) is 29.8 Å². The minimum absolute atomic E-state index is 0.132. The van der Waals surface area contributed by atoms with E-state index in [-0.39, 0.29) is 16.8 Å². The zero-order valence-electron chi connectivity index (χ0n) is 11.3. The van der Waals surface area contributed by atoms with E-state index < -0.39 is 9.84 Å². The number of carbonyl (C=O) groups excluding carboxylic acids is 1. The summed E-state index contributed by atoms with van der Waals surface area (Å²) in [4.78, 5) is 13.8. The van der Waals surface area contributed by atoms with Gasteiger partial charge in [0.25, 0.3) is 0 Å². The number of nitrogens with zero attached hydrogens (tertiary/aromatic N) is 1. The molecule has 0 spiro atoms. The molecule has 0 N–H and O–H groups in total. The second kappa shape index (κ2) is 5.33. The van der Waals surface area contributed by atoms with Gasteiger partial charge < -0.3 is 4.90 Å².